The molecule has 0 radical (unpaired) electrons. The average Bonchev–Trinajstić information content (AvgIpc) is 3.15. The van der Waals surface area contributed by atoms with Gasteiger partial charge in [0.05, 0.1) is 18.8 Å². The number of hydrogen-bond acceptors (Lipinski definition) is 5. The molecule has 0 spiro atoms. The van der Waals surface area contributed by atoms with Gasteiger partial charge < -0.3 is 15.4 Å². The van der Waals surface area contributed by atoms with Crippen LogP contribution in [0.25, 0.3) is 0 Å². The molecule has 3 fully saturated rings. The number of aromatic nitrogens is 2. The normalized spacial score (nSPS) is 30.4. The third-order valence-corrected chi connectivity index (χ3v) is 4.47. The van der Waals surface area contributed by atoms with E-state index in [0.29, 0.717) is 23.9 Å². The number of nitrogens with two attached hydrogens (primary N) is 1. The maximum Gasteiger partial charge on any atom is 0.136 e. The van der Waals surface area contributed by atoms with Crippen molar-refractivity contribution < 1.29 is 4.74 Å². The van der Waals surface area contributed by atoms with Crippen molar-refractivity contribution in [3.8, 4) is 0 Å². The summed E-state index contributed by atoms with van der Waals surface area (Å²) < 4.78 is 5.86. The molecule has 5 nitrogen and oxygen atoms in total. The maximum absolute atomic E-state index is 5.96. The summed E-state index contributed by atoms with van der Waals surface area (Å²) in [6, 6.07) is 2.40. The molecule has 1 aromatic heterocycles. The number of nitrogen functional groups attached to an aromatic ring is 1. The van der Waals surface area contributed by atoms with Gasteiger partial charge in [0.25, 0.3) is 0 Å². The molecular formula is C14H20N4O. The fourth-order valence-corrected chi connectivity index (χ4v) is 3.35. The van der Waals surface area contributed by atoms with Crippen molar-refractivity contribution in [3.63, 3.8) is 0 Å². The van der Waals surface area contributed by atoms with E-state index in [1.165, 1.54) is 32.1 Å². The third kappa shape index (κ3) is 2.06. The summed E-state index contributed by atoms with van der Waals surface area (Å²) in [6.45, 7) is 1.71. The lowest BCUT2D eigenvalue weighted by Crippen LogP contribution is -2.49. The van der Waals surface area contributed by atoms with Crippen molar-refractivity contribution in [1.29, 1.82) is 0 Å². The molecule has 2 saturated carbocycles. The Balaban J connectivity index is 1.66. The molecule has 2 heterocycles. The zero-order valence-corrected chi connectivity index (χ0v) is 11.1. The van der Waals surface area contributed by atoms with Crippen molar-refractivity contribution in [2.75, 3.05) is 23.8 Å². The maximum atomic E-state index is 5.96. The summed E-state index contributed by atoms with van der Waals surface area (Å²) in [5.41, 5.74) is 5.96. The first kappa shape index (κ1) is 11.5. The van der Waals surface area contributed by atoms with Crippen molar-refractivity contribution >= 4 is 11.6 Å². The van der Waals surface area contributed by atoms with E-state index < -0.39 is 0 Å². The van der Waals surface area contributed by atoms with Crippen molar-refractivity contribution in [2.24, 2.45) is 0 Å². The van der Waals surface area contributed by atoms with Crippen LogP contribution >= 0.6 is 0 Å². The molecule has 0 amide bonds. The van der Waals surface area contributed by atoms with Gasteiger partial charge in [-0.3, -0.25) is 0 Å². The minimum atomic E-state index is 0.384. The molecule has 102 valence electrons. The fourth-order valence-electron chi connectivity index (χ4n) is 3.35. The summed E-state index contributed by atoms with van der Waals surface area (Å²) in [7, 11) is 0. The van der Waals surface area contributed by atoms with Gasteiger partial charge in [-0.05, 0) is 32.1 Å². The Morgan fingerprint density at radius 3 is 2.95 bits per heavy atom. The molecule has 19 heavy (non-hydrogen) atoms. The summed E-state index contributed by atoms with van der Waals surface area (Å²) in [6.07, 6.45) is 6.43. The molecule has 0 bridgehead atoms. The van der Waals surface area contributed by atoms with Crippen LogP contribution in [0.3, 0.4) is 0 Å². The van der Waals surface area contributed by atoms with Crippen LogP contribution in [-0.2, 0) is 4.74 Å². The number of ether oxygens (including phenoxy) is 1. The molecular weight excluding hydrogens is 240 g/mol. The SMILES string of the molecule is Nc1cc(N2CCOC3CCCC32)nc(C2CC2)n1. The second-order valence-corrected chi connectivity index (χ2v) is 5.88. The van der Waals surface area contributed by atoms with Gasteiger partial charge in [-0.15, -0.1) is 0 Å². The van der Waals surface area contributed by atoms with Gasteiger partial charge >= 0.3 is 0 Å². The number of nitrogens with zero attached hydrogens (tertiary/aromatic N) is 3. The number of hydrogen-bond donors (Lipinski definition) is 1. The molecule has 3 aliphatic rings. The van der Waals surface area contributed by atoms with E-state index in [1.54, 1.807) is 0 Å². The summed E-state index contributed by atoms with van der Waals surface area (Å²) >= 11 is 0. The standard InChI is InChI=1S/C14H20N4O/c15-12-8-13(17-14(16-12)9-4-5-9)18-6-7-19-11-3-1-2-10(11)18/h8-11H,1-7H2,(H2,15,16,17). The van der Waals surface area contributed by atoms with E-state index in [0.717, 1.165) is 24.8 Å². The van der Waals surface area contributed by atoms with Gasteiger partial charge in [0, 0.05) is 18.5 Å². The quantitative estimate of drug-likeness (QED) is 0.876. The Bertz CT molecular complexity index is 488. The zero-order valence-electron chi connectivity index (χ0n) is 11.1. The molecule has 1 aliphatic heterocycles. The zero-order chi connectivity index (χ0) is 12.8. The molecule has 2 unspecified atom stereocenters. The van der Waals surface area contributed by atoms with Crippen LogP contribution < -0.4 is 10.6 Å². The van der Waals surface area contributed by atoms with Gasteiger partial charge in [0.1, 0.15) is 17.5 Å². The van der Waals surface area contributed by atoms with E-state index in [2.05, 4.69) is 9.88 Å². The second kappa shape index (κ2) is 4.34. The molecule has 2 atom stereocenters. The highest BCUT2D eigenvalue weighted by Crippen LogP contribution is 2.40. The van der Waals surface area contributed by atoms with Crippen LogP contribution in [0, 0.1) is 0 Å². The highest BCUT2D eigenvalue weighted by molar-refractivity contribution is 5.49. The van der Waals surface area contributed by atoms with Crippen molar-refractivity contribution in [1.82, 2.24) is 9.97 Å². The Morgan fingerprint density at radius 1 is 1.21 bits per heavy atom. The van der Waals surface area contributed by atoms with Gasteiger partial charge in [0.15, 0.2) is 0 Å². The number of anilines is 2. The minimum Gasteiger partial charge on any atom is -0.384 e. The van der Waals surface area contributed by atoms with Crippen molar-refractivity contribution in [2.45, 2.75) is 50.2 Å². The molecule has 2 N–H and O–H groups in total. The Kier molecular flexibility index (Phi) is 2.62. The van der Waals surface area contributed by atoms with Gasteiger partial charge in [-0.25, -0.2) is 9.97 Å². The lowest BCUT2D eigenvalue weighted by Gasteiger charge is -2.38. The number of fused-ring (bicyclic) bond motifs is 1. The molecule has 5 heteroatoms. The summed E-state index contributed by atoms with van der Waals surface area (Å²) in [4.78, 5) is 11.5. The largest absolute Gasteiger partial charge is 0.384 e. The number of morpholine rings is 1. The summed E-state index contributed by atoms with van der Waals surface area (Å²) in [5.74, 6) is 3.10. The van der Waals surface area contributed by atoms with E-state index in [9.17, 15) is 0 Å². The van der Waals surface area contributed by atoms with Crippen LogP contribution in [0.1, 0.15) is 43.8 Å². The lowest BCUT2D eigenvalue weighted by molar-refractivity contribution is 0.0253. The van der Waals surface area contributed by atoms with Crippen LogP contribution in [0.4, 0.5) is 11.6 Å². The first-order chi connectivity index (χ1) is 9.31. The lowest BCUT2D eigenvalue weighted by atomic mass is 10.1. The van der Waals surface area contributed by atoms with Crippen LogP contribution in [0.15, 0.2) is 6.07 Å². The average molecular weight is 260 g/mol. The van der Waals surface area contributed by atoms with Crippen molar-refractivity contribution in [3.05, 3.63) is 11.9 Å². The summed E-state index contributed by atoms with van der Waals surface area (Å²) in [5, 5.41) is 0. The fraction of sp³-hybridized carbons (Fsp3) is 0.714. The van der Waals surface area contributed by atoms with Gasteiger partial charge in [-0.1, -0.05) is 0 Å². The minimum absolute atomic E-state index is 0.384. The topological polar surface area (TPSA) is 64.3 Å². The smallest absolute Gasteiger partial charge is 0.136 e. The molecule has 1 saturated heterocycles. The first-order valence-corrected chi connectivity index (χ1v) is 7.34. The van der Waals surface area contributed by atoms with E-state index in [1.807, 2.05) is 6.07 Å². The van der Waals surface area contributed by atoms with Gasteiger partial charge in [0.2, 0.25) is 0 Å². The van der Waals surface area contributed by atoms with E-state index in [4.69, 9.17) is 15.5 Å². The molecule has 1 aromatic rings. The van der Waals surface area contributed by atoms with E-state index in [-0.39, 0.29) is 0 Å². The molecule has 4 rings (SSSR count). The highest BCUT2D eigenvalue weighted by Gasteiger charge is 2.37. The monoisotopic (exact) mass is 260 g/mol. The Hall–Kier alpha value is -1.36. The number of rotatable bonds is 2. The third-order valence-electron chi connectivity index (χ3n) is 4.47. The van der Waals surface area contributed by atoms with E-state index >= 15 is 0 Å². The van der Waals surface area contributed by atoms with Gasteiger partial charge in [-0.2, -0.15) is 0 Å². The molecule has 0 aromatic carbocycles. The van der Waals surface area contributed by atoms with Crippen LogP contribution in [0.2, 0.25) is 0 Å². The first-order valence-electron chi connectivity index (χ1n) is 7.34. The molecule has 2 aliphatic carbocycles. The predicted molar refractivity (Wildman–Crippen MR) is 73.1 cm³/mol. The Labute approximate surface area is 113 Å². The van der Waals surface area contributed by atoms with Crippen LogP contribution in [0.5, 0.6) is 0 Å². The second-order valence-electron chi connectivity index (χ2n) is 5.88. The van der Waals surface area contributed by atoms with Crippen LogP contribution in [-0.4, -0.2) is 35.3 Å². The Morgan fingerprint density at radius 2 is 2.11 bits per heavy atom. The predicted octanol–water partition coefficient (Wildman–Crippen LogP) is 1.69. The highest BCUT2D eigenvalue weighted by atomic mass is 16.5.